The van der Waals surface area contributed by atoms with Gasteiger partial charge >= 0.3 is 5.97 Å². The number of hydrogen-bond acceptors (Lipinski definition) is 4. The second kappa shape index (κ2) is 4.72. The number of esters is 1. The van der Waals surface area contributed by atoms with Crippen LogP contribution in [0.25, 0.3) is 0 Å². The van der Waals surface area contributed by atoms with E-state index in [0.29, 0.717) is 6.42 Å². The molecule has 0 aliphatic heterocycles. The predicted molar refractivity (Wildman–Crippen MR) is 52.7 cm³/mol. The van der Waals surface area contributed by atoms with E-state index in [1.165, 1.54) is 7.11 Å². The molecule has 0 saturated heterocycles. The molecule has 0 bridgehead atoms. The number of aryl methyl sites for hydroxylation is 1. The van der Waals surface area contributed by atoms with E-state index in [1.807, 2.05) is 13.0 Å². The Labute approximate surface area is 83.1 Å². The fraction of sp³-hybridized carbons (Fsp3) is 0.400. The smallest absolute Gasteiger partial charge is 0.322 e. The Hall–Kier alpha value is -1.42. The Morgan fingerprint density at radius 1 is 1.64 bits per heavy atom. The Kier molecular flexibility index (Phi) is 3.59. The van der Waals surface area contributed by atoms with Crippen LogP contribution in [0, 0.1) is 6.92 Å². The van der Waals surface area contributed by atoms with E-state index >= 15 is 0 Å². The maximum Gasteiger partial charge on any atom is 0.322 e. The number of methoxy groups -OCH3 is 1. The lowest BCUT2D eigenvalue weighted by molar-refractivity contribution is -0.142. The summed E-state index contributed by atoms with van der Waals surface area (Å²) in [6, 6.07) is 1.35. The number of carbonyl (C=O) groups is 1. The standard InChI is InChI=1S/C10H14N2O2/c1-7-3-8(6-12-5-7)4-9(11)10(13)14-2/h3,5-6,9H,4,11H2,1-2H3/t9-/m1/s1. The zero-order chi connectivity index (χ0) is 10.6. The van der Waals surface area contributed by atoms with Gasteiger partial charge in [0.25, 0.3) is 0 Å². The topological polar surface area (TPSA) is 65.2 Å². The number of rotatable bonds is 3. The van der Waals surface area contributed by atoms with E-state index in [-0.39, 0.29) is 0 Å². The van der Waals surface area contributed by atoms with Crippen molar-refractivity contribution in [2.24, 2.45) is 5.73 Å². The molecule has 14 heavy (non-hydrogen) atoms. The molecule has 4 heteroatoms. The second-order valence-electron chi connectivity index (χ2n) is 3.20. The van der Waals surface area contributed by atoms with Crippen LogP contribution in [-0.2, 0) is 16.0 Å². The molecule has 0 aliphatic rings. The largest absolute Gasteiger partial charge is 0.468 e. The highest BCUT2D eigenvalue weighted by Gasteiger charge is 2.14. The summed E-state index contributed by atoms with van der Waals surface area (Å²) in [7, 11) is 1.33. The maximum absolute atomic E-state index is 11.0. The van der Waals surface area contributed by atoms with E-state index in [4.69, 9.17) is 5.73 Å². The molecule has 0 saturated carbocycles. The van der Waals surface area contributed by atoms with Gasteiger partial charge in [0, 0.05) is 12.4 Å². The molecule has 0 unspecified atom stereocenters. The van der Waals surface area contributed by atoms with Gasteiger partial charge in [0.1, 0.15) is 6.04 Å². The van der Waals surface area contributed by atoms with E-state index in [1.54, 1.807) is 12.4 Å². The summed E-state index contributed by atoms with van der Waals surface area (Å²) in [6.45, 7) is 1.94. The van der Waals surface area contributed by atoms with E-state index in [0.717, 1.165) is 11.1 Å². The number of aromatic nitrogens is 1. The van der Waals surface area contributed by atoms with Crippen molar-refractivity contribution in [1.29, 1.82) is 0 Å². The average molecular weight is 194 g/mol. The van der Waals surface area contributed by atoms with Crippen LogP contribution in [0.15, 0.2) is 18.5 Å². The lowest BCUT2D eigenvalue weighted by Gasteiger charge is -2.08. The van der Waals surface area contributed by atoms with Crippen molar-refractivity contribution in [3.63, 3.8) is 0 Å². The molecule has 0 radical (unpaired) electrons. The van der Waals surface area contributed by atoms with E-state index in [9.17, 15) is 4.79 Å². The number of pyridine rings is 1. The summed E-state index contributed by atoms with van der Waals surface area (Å²) < 4.78 is 4.53. The van der Waals surface area contributed by atoms with Gasteiger partial charge in [-0.25, -0.2) is 0 Å². The van der Waals surface area contributed by atoms with Gasteiger partial charge in [0.15, 0.2) is 0 Å². The van der Waals surface area contributed by atoms with Gasteiger partial charge in [-0.3, -0.25) is 9.78 Å². The van der Waals surface area contributed by atoms with E-state index < -0.39 is 12.0 Å². The van der Waals surface area contributed by atoms with Crippen molar-refractivity contribution in [2.45, 2.75) is 19.4 Å². The molecule has 1 aromatic heterocycles. The number of nitrogens with zero attached hydrogens (tertiary/aromatic N) is 1. The molecule has 2 N–H and O–H groups in total. The van der Waals surface area contributed by atoms with Crippen LogP contribution in [0.2, 0.25) is 0 Å². The monoisotopic (exact) mass is 194 g/mol. The summed E-state index contributed by atoms with van der Waals surface area (Å²) in [5.74, 6) is -0.397. The molecule has 1 rings (SSSR count). The zero-order valence-corrected chi connectivity index (χ0v) is 8.36. The third kappa shape index (κ3) is 2.81. The fourth-order valence-electron chi connectivity index (χ4n) is 1.22. The van der Waals surface area contributed by atoms with Gasteiger partial charge in [-0.05, 0) is 24.5 Å². The number of nitrogens with two attached hydrogens (primary N) is 1. The molecule has 0 amide bonds. The maximum atomic E-state index is 11.0. The highest BCUT2D eigenvalue weighted by molar-refractivity contribution is 5.75. The molecule has 0 fully saturated rings. The Morgan fingerprint density at radius 2 is 2.36 bits per heavy atom. The van der Waals surface area contributed by atoms with Crippen LogP contribution < -0.4 is 5.73 Å². The van der Waals surface area contributed by atoms with Gasteiger partial charge in [0.05, 0.1) is 7.11 Å². The van der Waals surface area contributed by atoms with Crippen LogP contribution in [0.3, 0.4) is 0 Å². The number of ether oxygens (including phenoxy) is 1. The van der Waals surface area contributed by atoms with Gasteiger partial charge in [0.2, 0.25) is 0 Å². The number of carbonyl (C=O) groups excluding carboxylic acids is 1. The van der Waals surface area contributed by atoms with Gasteiger partial charge in [-0.1, -0.05) is 6.07 Å². The van der Waals surface area contributed by atoms with Gasteiger partial charge in [-0.15, -0.1) is 0 Å². The first-order chi connectivity index (χ1) is 6.63. The SMILES string of the molecule is COC(=O)[C@H](N)Cc1cncc(C)c1. The summed E-state index contributed by atoms with van der Waals surface area (Å²) in [6.07, 6.45) is 3.92. The zero-order valence-electron chi connectivity index (χ0n) is 8.36. The van der Waals surface area contributed by atoms with Crippen LogP contribution in [-0.4, -0.2) is 24.1 Å². The Bertz CT molecular complexity index is 326. The summed E-state index contributed by atoms with van der Waals surface area (Å²) in [5, 5.41) is 0. The molecule has 0 aliphatic carbocycles. The minimum atomic E-state index is -0.608. The van der Waals surface area contributed by atoms with Crippen molar-refractivity contribution in [1.82, 2.24) is 4.98 Å². The normalized spacial score (nSPS) is 12.2. The van der Waals surface area contributed by atoms with Crippen LogP contribution in [0.4, 0.5) is 0 Å². The first-order valence-electron chi connectivity index (χ1n) is 4.37. The van der Waals surface area contributed by atoms with Crippen molar-refractivity contribution >= 4 is 5.97 Å². The quantitative estimate of drug-likeness (QED) is 0.709. The Morgan fingerprint density at radius 3 is 2.93 bits per heavy atom. The first kappa shape index (κ1) is 10.7. The molecular formula is C10H14N2O2. The molecule has 0 aromatic carbocycles. The first-order valence-corrected chi connectivity index (χ1v) is 4.37. The molecular weight excluding hydrogens is 180 g/mol. The molecule has 1 heterocycles. The highest BCUT2D eigenvalue weighted by atomic mass is 16.5. The summed E-state index contributed by atoms with van der Waals surface area (Å²) >= 11 is 0. The lowest BCUT2D eigenvalue weighted by Crippen LogP contribution is -2.33. The van der Waals surface area contributed by atoms with Crippen molar-refractivity contribution in [3.05, 3.63) is 29.6 Å². The predicted octanol–water partition coefficient (Wildman–Crippen LogP) is 0.433. The molecule has 76 valence electrons. The van der Waals surface area contributed by atoms with Crippen molar-refractivity contribution < 1.29 is 9.53 Å². The minimum absolute atomic E-state index is 0.397. The van der Waals surface area contributed by atoms with Crippen LogP contribution in [0.5, 0.6) is 0 Å². The van der Waals surface area contributed by atoms with Crippen LogP contribution in [0.1, 0.15) is 11.1 Å². The summed E-state index contributed by atoms with van der Waals surface area (Å²) in [4.78, 5) is 15.0. The van der Waals surface area contributed by atoms with Crippen LogP contribution >= 0.6 is 0 Å². The third-order valence-corrected chi connectivity index (χ3v) is 1.89. The van der Waals surface area contributed by atoms with Crippen molar-refractivity contribution in [2.75, 3.05) is 7.11 Å². The summed E-state index contributed by atoms with van der Waals surface area (Å²) in [5.41, 5.74) is 7.61. The van der Waals surface area contributed by atoms with Gasteiger partial charge < -0.3 is 10.5 Å². The lowest BCUT2D eigenvalue weighted by atomic mass is 10.1. The average Bonchev–Trinajstić information content (AvgIpc) is 2.16. The second-order valence-corrected chi connectivity index (χ2v) is 3.20. The Balaban J connectivity index is 2.64. The third-order valence-electron chi connectivity index (χ3n) is 1.89. The number of hydrogen-bond donors (Lipinski definition) is 1. The highest BCUT2D eigenvalue weighted by Crippen LogP contribution is 2.04. The molecule has 1 atom stereocenters. The molecule has 1 aromatic rings. The fourth-order valence-corrected chi connectivity index (χ4v) is 1.22. The van der Waals surface area contributed by atoms with Crippen molar-refractivity contribution in [3.8, 4) is 0 Å². The van der Waals surface area contributed by atoms with Gasteiger partial charge in [-0.2, -0.15) is 0 Å². The molecule has 0 spiro atoms. The molecule has 4 nitrogen and oxygen atoms in total. The minimum Gasteiger partial charge on any atom is -0.468 e. The van der Waals surface area contributed by atoms with E-state index in [2.05, 4.69) is 9.72 Å².